The van der Waals surface area contributed by atoms with Crippen molar-refractivity contribution >= 4 is 17.3 Å². The van der Waals surface area contributed by atoms with Crippen LogP contribution in [0.25, 0.3) is 0 Å². The Morgan fingerprint density at radius 3 is 2.47 bits per heavy atom. The van der Waals surface area contributed by atoms with Crippen LogP contribution in [0.3, 0.4) is 0 Å². The molecule has 0 spiro atoms. The fourth-order valence-electron chi connectivity index (χ4n) is 0.917. The summed E-state index contributed by atoms with van der Waals surface area (Å²) >= 11 is 5.30. The van der Waals surface area contributed by atoms with E-state index < -0.39 is 21.8 Å². The molecular formula is C7H4ClF3N2O2. The number of hydrogen-bond acceptors (Lipinski definition) is 2. The fourth-order valence-corrected chi connectivity index (χ4v) is 1.14. The predicted molar refractivity (Wildman–Crippen MR) is 47.1 cm³/mol. The highest BCUT2D eigenvalue weighted by Crippen LogP contribution is 2.36. The lowest BCUT2D eigenvalue weighted by Crippen LogP contribution is -2.10. The second kappa shape index (κ2) is 3.93. The van der Waals surface area contributed by atoms with Gasteiger partial charge in [-0.25, -0.2) is 10.1 Å². The molecule has 1 aromatic carbocycles. The van der Waals surface area contributed by atoms with Gasteiger partial charge in [-0.1, -0.05) is 11.6 Å². The van der Waals surface area contributed by atoms with Crippen LogP contribution in [-0.4, -0.2) is 5.03 Å². The number of anilines is 1. The summed E-state index contributed by atoms with van der Waals surface area (Å²) in [6.45, 7) is 0. The Balaban J connectivity index is 3.11. The van der Waals surface area contributed by atoms with Gasteiger partial charge in [-0.15, -0.1) is 5.43 Å². The van der Waals surface area contributed by atoms with Crippen LogP contribution in [0.4, 0.5) is 18.9 Å². The standard InChI is InChI=1S/C7H4ClF3N2O2/c8-6-2-1-4(12-13(14)15)3-5(6)7(9,10)11/h1-3,12H. The van der Waals surface area contributed by atoms with Gasteiger partial charge >= 0.3 is 6.18 Å². The highest BCUT2D eigenvalue weighted by Gasteiger charge is 2.33. The lowest BCUT2D eigenvalue weighted by molar-refractivity contribution is -0.445. The maximum Gasteiger partial charge on any atom is 0.417 e. The van der Waals surface area contributed by atoms with Gasteiger partial charge < -0.3 is 0 Å². The zero-order valence-corrected chi connectivity index (χ0v) is 7.76. The molecule has 0 bridgehead atoms. The average molecular weight is 241 g/mol. The van der Waals surface area contributed by atoms with Crippen LogP contribution in [-0.2, 0) is 6.18 Å². The van der Waals surface area contributed by atoms with E-state index in [1.165, 1.54) is 0 Å². The molecule has 0 unspecified atom stereocenters. The number of rotatable bonds is 2. The van der Waals surface area contributed by atoms with Crippen molar-refractivity contribution in [2.45, 2.75) is 6.18 Å². The SMILES string of the molecule is O=[N+]([O-])Nc1ccc(Cl)c(C(F)(F)F)c1. The van der Waals surface area contributed by atoms with Crippen molar-refractivity contribution in [1.29, 1.82) is 0 Å². The minimum atomic E-state index is -4.63. The third-order valence-corrected chi connectivity index (χ3v) is 1.82. The molecule has 0 amide bonds. The zero-order valence-electron chi connectivity index (χ0n) is 7.01. The molecule has 0 aliphatic carbocycles. The number of hydrogen-bond donors (Lipinski definition) is 1. The monoisotopic (exact) mass is 240 g/mol. The highest BCUT2D eigenvalue weighted by molar-refractivity contribution is 6.31. The second-order valence-electron chi connectivity index (χ2n) is 2.56. The first-order chi connectivity index (χ1) is 6.80. The van der Waals surface area contributed by atoms with Gasteiger partial charge in [0.05, 0.1) is 10.6 Å². The van der Waals surface area contributed by atoms with Gasteiger partial charge in [0, 0.05) is 0 Å². The smallest absolute Gasteiger partial charge is 0.235 e. The number of nitrogens with zero attached hydrogens (tertiary/aromatic N) is 1. The first-order valence-electron chi connectivity index (χ1n) is 3.58. The summed E-state index contributed by atoms with van der Waals surface area (Å²) in [6, 6.07) is 2.60. The summed E-state index contributed by atoms with van der Waals surface area (Å²) in [6.07, 6.45) is -4.63. The third-order valence-electron chi connectivity index (χ3n) is 1.49. The van der Waals surface area contributed by atoms with Gasteiger partial charge in [-0.3, -0.25) is 0 Å². The molecule has 0 radical (unpaired) electrons. The van der Waals surface area contributed by atoms with Crippen LogP contribution in [0.5, 0.6) is 0 Å². The first kappa shape index (κ1) is 11.6. The quantitative estimate of drug-likeness (QED) is 0.639. The summed E-state index contributed by atoms with van der Waals surface area (Å²) < 4.78 is 36.9. The lowest BCUT2D eigenvalue weighted by atomic mass is 10.2. The van der Waals surface area contributed by atoms with E-state index in [4.69, 9.17) is 11.6 Å². The molecule has 0 saturated heterocycles. The number of halogens is 4. The van der Waals surface area contributed by atoms with Crippen molar-refractivity contribution < 1.29 is 18.2 Å². The first-order valence-corrected chi connectivity index (χ1v) is 3.96. The molecule has 0 aliphatic rings. The number of alkyl halides is 3. The number of benzene rings is 1. The molecule has 0 fully saturated rings. The Hall–Kier alpha value is -1.50. The Kier molecular flexibility index (Phi) is 3.04. The molecule has 0 atom stereocenters. The van der Waals surface area contributed by atoms with Crippen LogP contribution in [0.15, 0.2) is 18.2 Å². The molecule has 0 aliphatic heterocycles. The Morgan fingerprint density at radius 1 is 1.40 bits per heavy atom. The highest BCUT2D eigenvalue weighted by atomic mass is 35.5. The number of nitro groups is 1. The van der Waals surface area contributed by atoms with Crippen LogP contribution in [0, 0.1) is 10.1 Å². The van der Waals surface area contributed by atoms with Crippen molar-refractivity contribution in [1.82, 2.24) is 0 Å². The predicted octanol–water partition coefficient (Wildman–Crippen LogP) is 2.96. The van der Waals surface area contributed by atoms with Gasteiger partial charge in [0.25, 0.3) is 0 Å². The topological polar surface area (TPSA) is 55.2 Å². The fraction of sp³-hybridized carbons (Fsp3) is 0.143. The van der Waals surface area contributed by atoms with E-state index in [2.05, 4.69) is 0 Å². The van der Waals surface area contributed by atoms with E-state index in [-0.39, 0.29) is 5.69 Å². The maximum absolute atomic E-state index is 12.3. The minimum Gasteiger partial charge on any atom is -0.235 e. The lowest BCUT2D eigenvalue weighted by Gasteiger charge is -2.09. The average Bonchev–Trinajstić information content (AvgIpc) is 2.05. The van der Waals surface area contributed by atoms with Crippen molar-refractivity contribution in [2.24, 2.45) is 0 Å². The second-order valence-corrected chi connectivity index (χ2v) is 2.97. The summed E-state index contributed by atoms with van der Waals surface area (Å²) in [7, 11) is 0. The summed E-state index contributed by atoms with van der Waals surface area (Å²) in [5, 5.41) is 8.54. The number of nitrogens with one attached hydrogen (secondary N) is 1. The van der Waals surface area contributed by atoms with Crippen molar-refractivity contribution in [2.75, 3.05) is 5.43 Å². The van der Waals surface area contributed by atoms with Gasteiger partial charge in [0.1, 0.15) is 5.69 Å². The number of hydrazine groups is 1. The van der Waals surface area contributed by atoms with Gasteiger partial charge in [0.2, 0.25) is 0 Å². The van der Waals surface area contributed by atoms with Gasteiger partial charge in [-0.2, -0.15) is 13.2 Å². The molecular weight excluding hydrogens is 237 g/mol. The van der Waals surface area contributed by atoms with E-state index >= 15 is 0 Å². The largest absolute Gasteiger partial charge is 0.417 e. The van der Waals surface area contributed by atoms with E-state index in [0.29, 0.717) is 6.07 Å². The molecule has 0 aromatic heterocycles. The zero-order chi connectivity index (χ0) is 11.6. The minimum absolute atomic E-state index is 0.281. The van der Waals surface area contributed by atoms with Crippen LogP contribution < -0.4 is 5.43 Å². The summed E-state index contributed by atoms with van der Waals surface area (Å²) in [4.78, 5) is 9.99. The molecule has 8 heteroatoms. The molecule has 82 valence electrons. The van der Waals surface area contributed by atoms with E-state index in [1.54, 1.807) is 5.43 Å². The van der Waals surface area contributed by atoms with Crippen LogP contribution >= 0.6 is 11.6 Å². The van der Waals surface area contributed by atoms with Crippen LogP contribution in [0.2, 0.25) is 5.02 Å². The molecule has 4 nitrogen and oxygen atoms in total. The Labute approximate surface area is 86.8 Å². The normalized spacial score (nSPS) is 11.2. The van der Waals surface area contributed by atoms with E-state index in [1.807, 2.05) is 0 Å². The van der Waals surface area contributed by atoms with E-state index in [9.17, 15) is 23.3 Å². The van der Waals surface area contributed by atoms with Crippen molar-refractivity contribution in [3.63, 3.8) is 0 Å². The van der Waals surface area contributed by atoms with Gasteiger partial charge in [-0.05, 0) is 18.2 Å². The van der Waals surface area contributed by atoms with Gasteiger partial charge in [0.15, 0.2) is 5.03 Å². The Bertz CT molecular complexity index is 394. The summed E-state index contributed by atoms with van der Waals surface area (Å²) in [5.74, 6) is 0. The molecule has 15 heavy (non-hydrogen) atoms. The summed E-state index contributed by atoms with van der Waals surface area (Å²) in [5.41, 5.74) is 0.212. The molecule has 0 heterocycles. The van der Waals surface area contributed by atoms with Crippen molar-refractivity contribution in [3.05, 3.63) is 38.9 Å². The molecule has 1 N–H and O–H groups in total. The van der Waals surface area contributed by atoms with Crippen molar-refractivity contribution in [3.8, 4) is 0 Å². The molecule has 1 rings (SSSR count). The molecule has 1 aromatic rings. The Morgan fingerprint density at radius 2 is 2.00 bits per heavy atom. The maximum atomic E-state index is 12.3. The third kappa shape index (κ3) is 2.98. The van der Waals surface area contributed by atoms with E-state index in [0.717, 1.165) is 12.1 Å². The molecule has 0 saturated carbocycles. The van der Waals surface area contributed by atoms with Crippen LogP contribution in [0.1, 0.15) is 5.56 Å².